The van der Waals surface area contributed by atoms with Crippen molar-refractivity contribution in [1.82, 2.24) is 0 Å². The zero-order valence-corrected chi connectivity index (χ0v) is 7.90. The van der Waals surface area contributed by atoms with Crippen LogP contribution in [0.25, 0.3) is 0 Å². The summed E-state index contributed by atoms with van der Waals surface area (Å²) in [4.78, 5) is 11.5. The lowest BCUT2D eigenvalue weighted by atomic mass is 9.73. The average molecular weight is 184 g/mol. The molecule has 2 fully saturated rings. The van der Waals surface area contributed by atoms with Crippen LogP contribution in [0.15, 0.2) is 0 Å². The van der Waals surface area contributed by atoms with E-state index in [1.165, 1.54) is 0 Å². The number of rotatable bonds is 0. The molecule has 2 rings (SSSR count). The summed E-state index contributed by atoms with van der Waals surface area (Å²) in [5.41, 5.74) is 0. The molecule has 0 radical (unpaired) electrons. The largest absolute Gasteiger partial charge is 0.462 e. The van der Waals surface area contributed by atoms with Gasteiger partial charge in [0.2, 0.25) is 0 Å². The van der Waals surface area contributed by atoms with Crippen LogP contribution in [0.2, 0.25) is 0 Å². The monoisotopic (exact) mass is 184 g/mol. The quantitative estimate of drug-likeness (QED) is 0.573. The molecule has 74 valence electrons. The molecule has 0 bridgehead atoms. The smallest absolute Gasteiger partial charge is 0.312 e. The Kier molecular flexibility index (Phi) is 2.28. The van der Waals surface area contributed by atoms with Gasteiger partial charge >= 0.3 is 5.97 Å². The van der Waals surface area contributed by atoms with Crippen molar-refractivity contribution in [3.8, 4) is 0 Å². The molecule has 1 aliphatic heterocycles. The van der Waals surface area contributed by atoms with E-state index < -0.39 is 6.10 Å². The van der Waals surface area contributed by atoms with E-state index in [0.29, 0.717) is 5.92 Å². The van der Waals surface area contributed by atoms with E-state index in [9.17, 15) is 9.90 Å². The SMILES string of the molecule is C[C@H]1C[C@@H]2CCC[C@@H](O)[C@@H]2C(=O)O1. The molecule has 2 aliphatic rings. The minimum atomic E-state index is -0.459. The van der Waals surface area contributed by atoms with Gasteiger partial charge in [0.15, 0.2) is 0 Å². The van der Waals surface area contributed by atoms with Crippen LogP contribution < -0.4 is 0 Å². The van der Waals surface area contributed by atoms with Crippen molar-refractivity contribution in [3.05, 3.63) is 0 Å². The Balaban J connectivity index is 2.13. The number of carbonyl (C=O) groups excluding carboxylic acids is 1. The highest BCUT2D eigenvalue weighted by molar-refractivity contribution is 5.74. The minimum absolute atomic E-state index is 0.0408. The van der Waals surface area contributed by atoms with Crippen molar-refractivity contribution in [2.75, 3.05) is 0 Å². The van der Waals surface area contributed by atoms with Gasteiger partial charge in [0, 0.05) is 0 Å². The molecular formula is C10H16O3. The maximum absolute atomic E-state index is 11.5. The molecule has 0 aromatic heterocycles. The maximum Gasteiger partial charge on any atom is 0.312 e. The maximum atomic E-state index is 11.5. The average Bonchev–Trinajstić information content (AvgIpc) is 2.02. The molecule has 0 unspecified atom stereocenters. The summed E-state index contributed by atoms with van der Waals surface area (Å²) in [7, 11) is 0. The van der Waals surface area contributed by atoms with Crippen LogP contribution in [0, 0.1) is 11.8 Å². The standard InChI is InChI=1S/C10H16O3/c1-6-5-7-3-2-4-8(11)9(7)10(12)13-6/h6-9,11H,2-5H2,1H3/t6-,7-,8+,9+/m0/s1. The summed E-state index contributed by atoms with van der Waals surface area (Å²) in [6.45, 7) is 1.93. The van der Waals surface area contributed by atoms with Gasteiger partial charge in [-0.15, -0.1) is 0 Å². The molecule has 0 amide bonds. The van der Waals surface area contributed by atoms with E-state index in [2.05, 4.69) is 0 Å². The zero-order valence-electron chi connectivity index (χ0n) is 7.90. The number of carbonyl (C=O) groups is 1. The topological polar surface area (TPSA) is 46.5 Å². The molecule has 0 aromatic carbocycles. The Hall–Kier alpha value is -0.570. The van der Waals surface area contributed by atoms with Crippen molar-refractivity contribution >= 4 is 5.97 Å². The van der Waals surface area contributed by atoms with Crippen molar-refractivity contribution in [2.24, 2.45) is 11.8 Å². The van der Waals surface area contributed by atoms with Gasteiger partial charge in [-0.1, -0.05) is 6.42 Å². The van der Waals surface area contributed by atoms with E-state index >= 15 is 0 Å². The Morgan fingerprint density at radius 2 is 2.23 bits per heavy atom. The van der Waals surface area contributed by atoms with E-state index in [-0.39, 0.29) is 18.0 Å². The molecule has 3 nitrogen and oxygen atoms in total. The van der Waals surface area contributed by atoms with Crippen molar-refractivity contribution in [2.45, 2.75) is 44.8 Å². The molecule has 1 heterocycles. The first-order chi connectivity index (χ1) is 6.18. The summed E-state index contributed by atoms with van der Waals surface area (Å²) in [6.07, 6.45) is 3.37. The summed E-state index contributed by atoms with van der Waals surface area (Å²) >= 11 is 0. The van der Waals surface area contributed by atoms with Gasteiger partial charge in [-0.2, -0.15) is 0 Å². The molecule has 13 heavy (non-hydrogen) atoms. The van der Waals surface area contributed by atoms with Gasteiger partial charge in [-0.25, -0.2) is 0 Å². The second-order valence-corrected chi connectivity index (χ2v) is 4.27. The molecule has 0 aromatic rings. The van der Waals surface area contributed by atoms with Gasteiger partial charge < -0.3 is 9.84 Å². The van der Waals surface area contributed by atoms with E-state index in [1.54, 1.807) is 0 Å². The number of ether oxygens (including phenoxy) is 1. The van der Waals surface area contributed by atoms with Crippen LogP contribution in [0.4, 0.5) is 0 Å². The minimum Gasteiger partial charge on any atom is -0.462 e. The summed E-state index contributed by atoms with van der Waals surface area (Å²) in [6, 6.07) is 0. The lowest BCUT2D eigenvalue weighted by molar-refractivity contribution is -0.173. The fourth-order valence-electron chi connectivity index (χ4n) is 2.63. The third-order valence-corrected chi connectivity index (χ3v) is 3.22. The number of aliphatic hydroxyl groups excluding tert-OH is 1. The summed E-state index contributed by atoms with van der Waals surface area (Å²) in [5.74, 6) is -0.0547. The second kappa shape index (κ2) is 3.29. The summed E-state index contributed by atoms with van der Waals surface area (Å²) < 4.78 is 5.13. The molecule has 1 N–H and O–H groups in total. The number of fused-ring (bicyclic) bond motifs is 1. The number of hydrogen-bond donors (Lipinski definition) is 1. The van der Waals surface area contributed by atoms with Crippen LogP contribution in [0.1, 0.15) is 32.6 Å². The van der Waals surface area contributed by atoms with Crippen molar-refractivity contribution in [3.63, 3.8) is 0 Å². The molecule has 0 spiro atoms. The molecular weight excluding hydrogens is 168 g/mol. The fourth-order valence-corrected chi connectivity index (χ4v) is 2.63. The molecule has 1 saturated carbocycles. The second-order valence-electron chi connectivity index (χ2n) is 4.27. The van der Waals surface area contributed by atoms with Crippen LogP contribution >= 0.6 is 0 Å². The van der Waals surface area contributed by atoms with E-state index in [4.69, 9.17) is 4.74 Å². The number of aliphatic hydroxyl groups is 1. The van der Waals surface area contributed by atoms with Gasteiger partial charge in [-0.05, 0) is 32.1 Å². The summed E-state index contributed by atoms with van der Waals surface area (Å²) in [5, 5.41) is 9.66. The van der Waals surface area contributed by atoms with Crippen LogP contribution in [-0.4, -0.2) is 23.3 Å². The first kappa shape index (κ1) is 9.00. The van der Waals surface area contributed by atoms with Crippen molar-refractivity contribution in [1.29, 1.82) is 0 Å². The van der Waals surface area contributed by atoms with Gasteiger partial charge in [-0.3, -0.25) is 4.79 Å². The van der Waals surface area contributed by atoms with Crippen LogP contribution in [0.5, 0.6) is 0 Å². The number of cyclic esters (lactones) is 1. The van der Waals surface area contributed by atoms with Gasteiger partial charge in [0.25, 0.3) is 0 Å². The highest BCUT2D eigenvalue weighted by Crippen LogP contribution is 2.38. The highest BCUT2D eigenvalue weighted by atomic mass is 16.5. The Morgan fingerprint density at radius 1 is 1.46 bits per heavy atom. The first-order valence-electron chi connectivity index (χ1n) is 5.07. The van der Waals surface area contributed by atoms with E-state index in [1.807, 2.05) is 6.92 Å². The number of hydrogen-bond acceptors (Lipinski definition) is 3. The van der Waals surface area contributed by atoms with Gasteiger partial charge in [0.1, 0.15) is 0 Å². The molecule has 1 aliphatic carbocycles. The number of esters is 1. The molecule has 3 heteroatoms. The first-order valence-corrected chi connectivity index (χ1v) is 5.07. The van der Waals surface area contributed by atoms with Crippen LogP contribution in [-0.2, 0) is 9.53 Å². The lowest BCUT2D eigenvalue weighted by Gasteiger charge is -2.39. The van der Waals surface area contributed by atoms with E-state index in [0.717, 1.165) is 25.7 Å². The lowest BCUT2D eigenvalue weighted by Crippen LogP contribution is -2.45. The third kappa shape index (κ3) is 1.57. The Labute approximate surface area is 78.1 Å². The predicted molar refractivity (Wildman–Crippen MR) is 47.0 cm³/mol. The predicted octanol–water partition coefficient (Wildman–Crippen LogP) is 1.10. The molecule has 1 saturated heterocycles. The normalized spacial score (nSPS) is 45.2. The third-order valence-electron chi connectivity index (χ3n) is 3.22. The fraction of sp³-hybridized carbons (Fsp3) is 0.900. The highest BCUT2D eigenvalue weighted by Gasteiger charge is 2.43. The zero-order chi connectivity index (χ0) is 9.42. The Morgan fingerprint density at radius 3 is 3.00 bits per heavy atom. The van der Waals surface area contributed by atoms with Gasteiger partial charge in [0.05, 0.1) is 18.1 Å². The van der Waals surface area contributed by atoms with Crippen molar-refractivity contribution < 1.29 is 14.6 Å². The Bertz CT molecular complexity index is 214. The molecule has 4 atom stereocenters. The van der Waals surface area contributed by atoms with Crippen LogP contribution in [0.3, 0.4) is 0 Å².